The Hall–Kier alpha value is -3.42. The highest BCUT2D eigenvalue weighted by atomic mass is 16.6. The van der Waals surface area contributed by atoms with Gasteiger partial charge in [0.15, 0.2) is 11.5 Å². The first-order valence-corrected chi connectivity index (χ1v) is 6.86. The molecule has 0 aliphatic carbocycles. The molecule has 8 nitrogen and oxygen atoms in total. The van der Waals surface area contributed by atoms with Crippen molar-refractivity contribution in [2.45, 2.75) is 0 Å². The lowest BCUT2D eigenvalue weighted by atomic mass is 10.2. The number of ether oxygens (including phenoxy) is 2. The van der Waals surface area contributed by atoms with E-state index in [4.69, 9.17) is 9.47 Å². The molecule has 0 saturated heterocycles. The first-order chi connectivity index (χ1) is 11.6. The Morgan fingerprint density at radius 3 is 2.58 bits per heavy atom. The summed E-state index contributed by atoms with van der Waals surface area (Å²) in [5, 5.41) is 14.8. The first kappa shape index (κ1) is 16.9. The van der Waals surface area contributed by atoms with E-state index in [9.17, 15) is 14.9 Å². The van der Waals surface area contributed by atoms with Gasteiger partial charge in [0, 0.05) is 11.6 Å². The van der Waals surface area contributed by atoms with Crippen molar-refractivity contribution >= 4 is 17.8 Å². The minimum Gasteiger partial charge on any atom is -0.493 e. The number of amides is 1. The third-order valence-electron chi connectivity index (χ3n) is 3.15. The molecule has 2 aromatic rings. The molecule has 0 saturated carbocycles. The average molecular weight is 329 g/mol. The largest absolute Gasteiger partial charge is 0.493 e. The topological polar surface area (TPSA) is 103 Å². The van der Waals surface area contributed by atoms with Gasteiger partial charge in [-0.25, -0.2) is 5.43 Å². The van der Waals surface area contributed by atoms with Crippen LogP contribution in [0.5, 0.6) is 11.5 Å². The van der Waals surface area contributed by atoms with Gasteiger partial charge in [0.05, 0.1) is 25.4 Å². The van der Waals surface area contributed by atoms with Crippen LogP contribution in [-0.2, 0) is 0 Å². The summed E-state index contributed by atoms with van der Waals surface area (Å²) in [5.74, 6) is 0.301. The van der Waals surface area contributed by atoms with Crippen molar-refractivity contribution in [3.63, 3.8) is 0 Å². The number of methoxy groups -OCH3 is 2. The number of nitrogens with one attached hydrogen (secondary N) is 1. The number of hydrogen-bond acceptors (Lipinski definition) is 6. The van der Waals surface area contributed by atoms with E-state index in [1.807, 2.05) is 0 Å². The van der Waals surface area contributed by atoms with Crippen molar-refractivity contribution in [3.8, 4) is 11.5 Å². The Morgan fingerprint density at radius 2 is 1.92 bits per heavy atom. The number of para-hydroxylation sites is 2. The molecule has 0 heterocycles. The van der Waals surface area contributed by atoms with Crippen LogP contribution in [0, 0.1) is 10.1 Å². The number of nitrogens with zero attached hydrogens (tertiary/aromatic N) is 2. The van der Waals surface area contributed by atoms with Gasteiger partial charge < -0.3 is 9.47 Å². The maximum Gasteiger partial charge on any atom is 0.282 e. The van der Waals surface area contributed by atoms with Gasteiger partial charge in [-0.15, -0.1) is 0 Å². The van der Waals surface area contributed by atoms with E-state index in [2.05, 4.69) is 10.5 Å². The van der Waals surface area contributed by atoms with Crippen LogP contribution in [0.3, 0.4) is 0 Å². The van der Waals surface area contributed by atoms with E-state index in [0.29, 0.717) is 17.1 Å². The van der Waals surface area contributed by atoms with Crippen molar-refractivity contribution in [2.75, 3.05) is 14.2 Å². The number of nitro benzene ring substituents is 1. The van der Waals surface area contributed by atoms with Crippen LogP contribution in [0.2, 0.25) is 0 Å². The maximum atomic E-state index is 12.1. The molecule has 2 aromatic carbocycles. The van der Waals surface area contributed by atoms with Gasteiger partial charge >= 0.3 is 0 Å². The molecule has 0 aromatic heterocycles. The molecule has 24 heavy (non-hydrogen) atoms. The second-order valence-electron chi connectivity index (χ2n) is 4.56. The van der Waals surface area contributed by atoms with E-state index < -0.39 is 10.8 Å². The Kier molecular flexibility index (Phi) is 5.45. The molecule has 0 aliphatic rings. The predicted octanol–water partition coefficient (Wildman–Crippen LogP) is 2.38. The summed E-state index contributed by atoms with van der Waals surface area (Å²) in [4.78, 5) is 22.4. The molecule has 2 rings (SSSR count). The fraction of sp³-hybridized carbons (Fsp3) is 0.125. The molecule has 0 radical (unpaired) electrons. The highest BCUT2D eigenvalue weighted by molar-refractivity contribution is 5.98. The summed E-state index contributed by atoms with van der Waals surface area (Å²) in [7, 11) is 3.00. The van der Waals surface area contributed by atoms with Crippen molar-refractivity contribution in [1.82, 2.24) is 5.43 Å². The molecule has 0 unspecified atom stereocenters. The van der Waals surface area contributed by atoms with E-state index in [1.54, 1.807) is 18.2 Å². The highest BCUT2D eigenvalue weighted by Crippen LogP contribution is 2.29. The Morgan fingerprint density at radius 1 is 1.17 bits per heavy atom. The molecule has 8 heteroatoms. The summed E-state index contributed by atoms with van der Waals surface area (Å²) in [6.45, 7) is 0. The second kappa shape index (κ2) is 7.73. The van der Waals surface area contributed by atoms with Gasteiger partial charge in [-0.1, -0.05) is 18.2 Å². The monoisotopic (exact) mass is 329 g/mol. The zero-order valence-electron chi connectivity index (χ0n) is 13.1. The summed E-state index contributed by atoms with van der Waals surface area (Å²) < 4.78 is 10.4. The lowest BCUT2D eigenvalue weighted by Crippen LogP contribution is -2.19. The van der Waals surface area contributed by atoms with E-state index >= 15 is 0 Å². The summed E-state index contributed by atoms with van der Waals surface area (Å²) in [6, 6.07) is 10.8. The normalized spacial score (nSPS) is 10.4. The smallest absolute Gasteiger partial charge is 0.282 e. The van der Waals surface area contributed by atoms with Crippen LogP contribution in [0.25, 0.3) is 0 Å². The summed E-state index contributed by atoms with van der Waals surface area (Å²) in [5.41, 5.74) is 2.48. The lowest BCUT2D eigenvalue weighted by molar-refractivity contribution is -0.385. The molecular weight excluding hydrogens is 314 g/mol. The van der Waals surface area contributed by atoms with Gasteiger partial charge in [0.2, 0.25) is 0 Å². The van der Waals surface area contributed by atoms with Gasteiger partial charge in [-0.3, -0.25) is 14.9 Å². The van der Waals surface area contributed by atoms with Crippen molar-refractivity contribution in [1.29, 1.82) is 0 Å². The van der Waals surface area contributed by atoms with Gasteiger partial charge in [0.25, 0.3) is 11.6 Å². The predicted molar refractivity (Wildman–Crippen MR) is 87.7 cm³/mol. The number of nitro groups is 1. The lowest BCUT2D eigenvalue weighted by Gasteiger charge is -2.09. The SMILES string of the molecule is COc1cccc(/C=N/NC(=O)c2ccccc2[N+](=O)[O-])c1OC. The molecule has 0 atom stereocenters. The van der Waals surface area contributed by atoms with Gasteiger partial charge in [-0.2, -0.15) is 5.10 Å². The summed E-state index contributed by atoms with van der Waals surface area (Å²) >= 11 is 0. The zero-order chi connectivity index (χ0) is 17.5. The Bertz CT molecular complexity index is 789. The molecule has 0 fully saturated rings. The Balaban J connectivity index is 2.18. The third-order valence-corrected chi connectivity index (χ3v) is 3.15. The van der Waals surface area contributed by atoms with Crippen molar-refractivity contribution < 1.29 is 19.2 Å². The zero-order valence-corrected chi connectivity index (χ0v) is 13.1. The number of hydrogen-bond donors (Lipinski definition) is 1. The molecule has 0 aliphatic heterocycles. The maximum absolute atomic E-state index is 12.1. The van der Waals surface area contributed by atoms with E-state index in [0.717, 1.165) is 0 Å². The number of rotatable bonds is 6. The Labute approximate surface area is 137 Å². The molecule has 0 spiro atoms. The first-order valence-electron chi connectivity index (χ1n) is 6.86. The van der Waals surface area contributed by atoms with E-state index in [1.165, 1.54) is 44.7 Å². The van der Waals surface area contributed by atoms with Crippen molar-refractivity contribution in [2.24, 2.45) is 5.10 Å². The van der Waals surface area contributed by atoms with Crippen molar-refractivity contribution in [3.05, 3.63) is 63.7 Å². The number of carbonyl (C=O) groups excluding carboxylic acids is 1. The van der Waals surface area contributed by atoms with Gasteiger partial charge in [-0.05, 0) is 18.2 Å². The summed E-state index contributed by atoms with van der Waals surface area (Å²) in [6.07, 6.45) is 1.37. The number of benzene rings is 2. The van der Waals surface area contributed by atoms with Crippen LogP contribution in [-0.4, -0.2) is 31.3 Å². The molecular formula is C16H15N3O5. The fourth-order valence-corrected chi connectivity index (χ4v) is 2.06. The standard InChI is InChI=1S/C16H15N3O5/c1-23-14-9-5-6-11(15(14)24-2)10-17-18-16(20)12-7-3-4-8-13(12)19(21)22/h3-10H,1-2H3,(H,18,20)/b17-10+. The molecule has 0 bridgehead atoms. The fourth-order valence-electron chi connectivity index (χ4n) is 2.06. The molecule has 1 amide bonds. The van der Waals surface area contributed by atoms with Crippen LogP contribution in [0.4, 0.5) is 5.69 Å². The second-order valence-corrected chi connectivity index (χ2v) is 4.56. The van der Waals surface area contributed by atoms with E-state index in [-0.39, 0.29) is 11.3 Å². The quantitative estimate of drug-likeness (QED) is 0.498. The molecule has 1 N–H and O–H groups in total. The minimum atomic E-state index is -0.680. The highest BCUT2D eigenvalue weighted by Gasteiger charge is 2.18. The number of hydrazone groups is 1. The van der Waals surface area contributed by atoms with Gasteiger partial charge in [0.1, 0.15) is 5.56 Å². The third kappa shape index (κ3) is 3.67. The molecule has 124 valence electrons. The van der Waals surface area contributed by atoms with Crippen LogP contribution < -0.4 is 14.9 Å². The van der Waals surface area contributed by atoms with Crippen LogP contribution in [0.1, 0.15) is 15.9 Å². The minimum absolute atomic E-state index is 0.0720. The van der Waals surface area contributed by atoms with Crippen LogP contribution >= 0.6 is 0 Å². The van der Waals surface area contributed by atoms with Crippen LogP contribution in [0.15, 0.2) is 47.6 Å². The number of carbonyl (C=O) groups is 1. The average Bonchev–Trinajstić information content (AvgIpc) is 2.61.